The minimum absolute atomic E-state index is 0.00507. The molecule has 122 valence electrons. The number of carbonyl (C=O) groups is 1. The van der Waals surface area contributed by atoms with Gasteiger partial charge in [0.2, 0.25) is 0 Å². The van der Waals surface area contributed by atoms with E-state index in [0.717, 1.165) is 35.4 Å². The van der Waals surface area contributed by atoms with E-state index in [1.165, 1.54) is 0 Å². The third kappa shape index (κ3) is 3.06. The van der Waals surface area contributed by atoms with Gasteiger partial charge in [0.05, 0.1) is 22.4 Å². The van der Waals surface area contributed by atoms with Gasteiger partial charge in [-0.1, -0.05) is 22.8 Å². The van der Waals surface area contributed by atoms with Gasteiger partial charge in [-0.25, -0.2) is 4.79 Å². The average Bonchev–Trinajstić information content (AvgIpc) is 3.08. The van der Waals surface area contributed by atoms with Crippen LogP contribution < -0.4 is 5.32 Å². The lowest BCUT2D eigenvalue weighted by atomic mass is 10.0. The fraction of sp³-hybridized carbons (Fsp3) is 0.412. The van der Waals surface area contributed by atoms with E-state index in [4.69, 9.17) is 16.1 Å². The Kier molecular flexibility index (Phi) is 4.31. The van der Waals surface area contributed by atoms with Crippen LogP contribution in [0.1, 0.15) is 41.5 Å². The molecule has 0 radical (unpaired) electrons. The Hall–Kier alpha value is -2.01. The van der Waals surface area contributed by atoms with Crippen molar-refractivity contribution < 1.29 is 9.32 Å². The highest BCUT2D eigenvalue weighted by Gasteiger charge is 2.34. The third-order valence-electron chi connectivity index (χ3n) is 4.30. The van der Waals surface area contributed by atoms with Crippen LogP contribution in [-0.2, 0) is 0 Å². The van der Waals surface area contributed by atoms with Gasteiger partial charge in [0.15, 0.2) is 0 Å². The van der Waals surface area contributed by atoms with Crippen LogP contribution in [0.25, 0.3) is 0 Å². The molecule has 1 aromatic carbocycles. The standard InChI is InChI=1S/C17H20ClN3O2/c1-10-6-7-14(13(18)9-10)19-17(22)21-8-4-5-15(21)16-11(2)20-23-12(16)3/h6-7,9,15H,4-5,8H2,1-3H3,(H,19,22)/t15-/m0/s1. The molecule has 1 aliphatic rings. The van der Waals surface area contributed by atoms with E-state index in [9.17, 15) is 4.79 Å². The smallest absolute Gasteiger partial charge is 0.322 e. The fourth-order valence-electron chi connectivity index (χ4n) is 3.18. The summed E-state index contributed by atoms with van der Waals surface area (Å²) in [5.74, 6) is 0.778. The number of nitrogens with one attached hydrogen (secondary N) is 1. The Balaban J connectivity index is 1.81. The molecule has 0 saturated carbocycles. The molecule has 0 unspecified atom stereocenters. The van der Waals surface area contributed by atoms with E-state index in [1.807, 2.05) is 43.9 Å². The molecule has 1 atom stereocenters. The molecule has 2 amide bonds. The highest BCUT2D eigenvalue weighted by Crippen LogP contribution is 2.36. The molecule has 3 rings (SSSR count). The number of aryl methyl sites for hydroxylation is 3. The Morgan fingerprint density at radius 1 is 1.39 bits per heavy atom. The highest BCUT2D eigenvalue weighted by atomic mass is 35.5. The van der Waals surface area contributed by atoms with Crippen molar-refractivity contribution in [2.75, 3.05) is 11.9 Å². The molecular formula is C17H20ClN3O2. The molecule has 0 aliphatic carbocycles. The predicted molar refractivity (Wildman–Crippen MR) is 89.9 cm³/mol. The van der Waals surface area contributed by atoms with Crippen molar-refractivity contribution >= 4 is 23.3 Å². The zero-order valence-corrected chi connectivity index (χ0v) is 14.3. The predicted octanol–water partition coefficient (Wildman–Crippen LogP) is 4.62. The molecule has 6 heteroatoms. The highest BCUT2D eigenvalue weighted by molar-refractivity contribution is 6.33. The van der Waals surface area contributed by atoms with Gasteiger partial charge in [0, 0.05) is 12.1 Å². The van der Waals surface area contributed by atoms with Crippen LogP contribution in [0.2, 0.25) is 5.02 Å². The zero-order valence-electron chi connectivity index (χ0n) is 13.5. The van der Waals surface area contributed by atoms with Gasteiger partial charge in [-0.15, -0.1) is 0 Å². The van der Waals surface area contributed by atoms with Crippen LogP contribution in [0.15, 0.2) is 22.7 Å². The maximum Gasteiger partial charge on any atom is 0.322 e. The van der Waals surface area contributed by atoms with Gasteiger partial charge < -0.3 is 14.7 Å². The first-order chi connectivity index (χ1) is 11.0. The quantitative estimate of drug-likeness (QED) is 0.872. The van der Waals surface area contributed by atoms with Gasteiger partial charge in [-0.3, -0.25) is 0 Å². The summed E-state index contributed by atoms with van der Waals surface area (Å²) >= 11 is 6.21. The Morgan fingerprint density at radius 2 is 2.17 bits per heavy atom. The lowest BCUT2D eigenvalue weighted by molar-refractivity contribution is 0.206. The monoisotopic (exact) mass is 333 g/mol. The van der Waals surface area contributed by atoms with E-state index in [-0.39, 0.29) is 12.1 Å². The third-order valence-corrected chi connectivity index (χ3v) is 4.61. The normalized spacial score (nSPS) is 17.6. The number of hydrogen-bond acceptors (Lipinski definition) is 3. The van der Waals surface area contributed by atoms with Crippen molar-refractivity contribution in [1.29, 1.82) is 0 Å². The maximum atomic E-state index is 12.7. The van der Waals surface area contributed by atoms with Gasteiger partial charge in [0.1, 0.15) is 5.76 Å². The summed E-state index contributed by atoms with van der Waals surface area (Å²) in [6, 6.07) is 5.46. The van der Waals surface area contributed by atoms with Crippen LogP contribution in [0.4, 0.5) is 10.5 Å². The number of anilines is 1. The number of carbonyl (C=O) groups excluding carboxylic acids is 1. The number of rotatable bonds is 2. The second-order valence-electron chi connectivity index (χ2n) is 6.00. The summed E-state index contributed by atoms with van der Waals surface area (Å²) in [6.45, 7) is 6.48. The number of nitrogens with zero attached hydrogens (tertiary/aromatic N) is 2. The molecule has 1 fully saturated rings. The van der Waals surface area contributed by atoms with E-state index in [2.05, 4.69) is 10.5 Å². The molecule has 5 nitrogen and oxygen atoms in total. The number of urea groups is 1. The number of halogens is 1. The van der Waals surface area contributed by atoms with Gasteiger partial charge in [0.25, 0.3) is 0 Å². The molecule has 0 spiro atoms. The number of aromatic nitrogens is 1. The fourth-order valence-corrected chi connectivity index (χ4v) is 3.47. The number of hydrogen-bond donors (Lipinski definition) is 1. The van der Waals surface area contributed by atoms with Crippen LogP contribution >= 0.6 is 11.6 Å². The molecule has 23 heavy (non-hydrogen) atoms. The second-order valence-corrected chi connectivity index (χ2v) is 6.41. The van der Waals surface area contributed by atoms with Crippen LogP contribution in [-0.4, -0.2) is 22.6 Å². The summed E-state index contributed by atoms with van der Waals surface area (Å²) in [4.78, 5) is 14.5. The van der Waals surface area contributed by atoms with Gasteiger partial charge in [-0.2, -0.15) is 0 Å². The number of amides is 2. The number of benzene rings is 1. The maximum absolute atomic E-state index is 12.7. The molecule has 1 aromatic heterocycles. The Morgan fingerprint density at radius 3 is 2.83 bits per heavy atom. The van der Waals surface area contributed by atoms with E-state index >= 15 is 0 Å². The Labute approximate surface area is 140 Å². The van der Waals surface area contributed by atoms with Crippen molar-refractivity contribution in [2.24, 2.45) is 0 Å². The number of likely N-dealkylation sites (tertiary alicyclic amines) is 1. The van der Waals surface area contributed by atoms with Crippen LogP contribution in [0, 0.1) is 20.8 Å². The van der Waals surface area contributed by atoms with Crippen molar-refractivity contribution in [1.82, 2.24) is 10.1 Å². The topological polar surface area (TPSA) is 58.4 Å². The zero-order chi connectivity index (χ0) is 16.6. The SMILES string of the molecule is Cc1ccc(NC(=O)N2CCC[C@H]2c2c(C)noc2C)c(Cl)c1. The summed E-state index contributed by atoms with van der Waals surface area (Å²) < 4.78 is 5.26. The average molecular weight is 334 g/mol. The summed E-state index contributed by atoms with van der Waals surface area (Å²) in [5, 5.41) is 7.47. The Bertz CT molecular complexity index is 722. The molecular weight excluding hydrogens is 314 g/mol. The lowest BCUT2D eigenvalue weighted by Crippen LogP contribution is -2.34. The van der Waals surface area contributed by atoms with E-state index in [1.54, 1.807) is 0 Å². The van der Waals surface area contributed by atoms with Crippen molar-refractivity contribution in [3.63, 3.8) is 0 Å². The first-order valence-electron chi connectivity index (χ1n) is 7.74. The summed E-state index contributed by atoms with van der Waals surface area (Å²) in [5.41, 5.74) is 3.56. The molecule has 0 bridgehead atoms. The minimum atomic E-state index is -0.141. The molecule has 1 aliphatic heterocycles. The first kappa shape index (κ1) is 15.9. The summed E-state index contributed by atoms with van der Waals surface area (Å²) in [7, 11) is 0. The van der Waals surface area contributed by atoms with Crippen molar-refractivity contribution in [3.05, 3.63) is 45.8 Å². The minimum Gasteiger partial charge on any atom is -0.361 e. The van der Waals surface area contributed by atoms with Gasteiger partial charge >= 0.3 is 6.03 Å². The largest absolute Gasteiger partial charge is 0.361 e. The van der Waals surface area contributed by atoms with Crippen LogP contribution in [0.3, 0.4) is 0 Å². The first-order valence-corrected chi connectivity index (χ1v) is 8.11. The molecule has 2 heterocycles. The van der Waals surface area contributed by atoms with Crippen molar-refractivity contribution in [3.8, 4) is 0 Å². The second kappa shape index (κ2) is 6.24. The van der Waals surface area contributed by atoms with Gasteiger partial charge in [-0.05, 0) is 51.3 Å². The molecule has 2 aromatic rings. The molecule has 1 saturated heterocycles. The van der Waals surface area contributed by atoms with Crippen LogP contribution in [0.5, 0.6) is 0 Å². The van der Waals surface area contributed by atoms with E-state index in [0.29, 0.717) is 17.3 Å². The van der Waals surface area contributed by atoms with Crippen molar-refractivity contribution in [2.45, 2.75) is 39.7 Å². The van der Waals surface area contributed by atoms with E-state index < -0.39 is 0 Å². The summed E-state index contributed by atoms with van der Waals surface area (Å²) in [6.07, 6.45) is 1.88. The lowest BCUT2D eigenvalue weighted by Gasteiger charge is -2.25. The molecule has 1 N–H and O–H groups in total.